The topological polar surface area (TPSA) is 27.3 Å². The molecule has 0 spiro atoms. The predicted molar refractivity (Wildman–Crippen MR) is 61.4 cm³/mol. The molecule has 0 unspecified atom stereocenters. The van der Waals surface area contributed by atoms with Crippen LogP contribution in [0.25, 0.3) is 0 Å². The Morgan fingerprint density at radius 3 is 3.00 bits per heavy atom. The van der Waals surface area contributed by atoms with E-state index in [9.17, 15) is 0 Å². The molecule has 2 N–H and O–H groups in total. The molecule has 0 saturated carbocycles. The van der Waals surface area contributed by atoms with Gasteiger partial charge in [-0.3, -0.25) is 0 Å². The average Bonchev–Trinajstić information content (AvgIpc) is 2.26. The van der Waals surface area contributed by atoms with E-state index in [1.807, 2.05) is 13.2 Å². The first-order valence-electron chi connectivity index (χ1n) is 5.26. The Bertz CT molecular complexity index is 261. The summed E-state index contributed by atoms with van der Waals surface area (Å²) in [4.78, 5) is 2.46. The molecule has 1 saturated heterocycles. The van der Waals surface area contributed by atoms with Gasteiger partial charge in [0, 0.05) is 0 Å². The molecule has 0 aromatic carbocycles. The first kappa shape index (κ1) is 12.7. The van der Waals surface area contributed by atoms with Crippen molar-refractivity contribution in [3.63, 3.8) is 0 Å². The van der Waals surface area contributed by atoms with Gasteiger partial charge in [0.1, 0.15) is 0 Å². The van der Waals surface area contributed by atoms with E-state index in [4.69, 9.17) is 0 Å². The molecule has 1 rings (SSSR count). The SMILES string of the molecule is CNC=C/C=C(\[CH]=[W])N1CCNC[C@@H]1C. The van der Waals surface area contributed by atoms with Gasteiger partial charge in [-0.1, -0.05) is 0 Å². The standard InChI is InChI=1S/C11H19N3.W/c1-10(5-4-6-12-3)14-8-7-13-9-11(14)2;/h1,4-6,11-13H,7-9H2,2-3H3;/b6-4?,10-5+;/t11-;/m0./s1. The van der Waals surface area contributed by atoms with Crippen LogP contribution in [-0.4, -0.2) is 42.0 Å². The van der Waals surface area contributed by atoms with E-state index in [1.165, 1.54) is 25.1 Å². The summed E-state index contributed by atoms with van der Waals surface area (Å²) in [6.07, 6.45) is 6.18. The molecule has 0 aliphatic carbocycles. The van der Waals surface area contributed by atoms with Crippen LogP contribution in [0.15, 0.2) is 24.0 Å². The first-order chi connectivity index (χ1) is 7.29. The maximum atomic E-state index is 3.40. The van der Waals surface area contributed by atoms with E-state index in [0.29, 0.717) is 6.04 Å². The quantitative estimate of drug-likeness (QED) is 0.688. The molecule has 0 aromatic rings. The molecule has 0 amide bonds. The van der Waals surface area contributed by atoms with Crippen LogP contribution in [0.2, 0.25) is 0 Å². The van der Waals surface area contributed by atoms with E-state index in [0.717, 1.165) is 19.6 Å². The summed E-state index contributed by atoms with van der Waals surface area (Å²) in [7, 11) is 1.92. The molecule has 1 fully saturated rings. The molecule has 0 radical (unpaired) electrons. The van der Waals surface area contributed by atoms with Gasteiger partial charge in [0.2, 0.25) is 0 Å². The second-order valence-electron chi connectivity index (χ2n) is 3.60. The van der Waals surface area contributed by atoms with Crippen LogP contribution >= 0.6 is 0 Å². The van der Waals surface area contributed by atoms with E-state index in [-0.39, 0.29) is 0 Å². The van der Waals surface area contributed by atoms with E-state index >= 15 is 0 Å². The maximum absolute atomic E-state index is 3.40. The molecular weight excluding hydrogens is 358 g/mol. The summed E-state index contributed by atoms with van der Waals surface area (Å²) in [6, 6.07) is 0.587. The fourth-order valence-corrected chi connectivity index (χ4v) is 2.44. The van der Waals surface area contributed by atoms with Crippen LogP contribution in [0.1, 0.15) is 6.92 Å². The number of hydrogen-bond acceptors (Lipinski definition) is 3. The number of hydrogen-bond donors (Lipinski definition) is 2. The molecule has 1 atom stereocenters. The first-order valence-corrected chi connectivity index (χ1v) is 6.95. The van der Waals surface area contributed by atoms with Gasteiger partial charge in [-0.25, -0.2) is 0 Å². The Labute approximate surface area is 103 Å². The van der Waals surface area contributed by atoms with Gasteiger partial charge >= 0.3 is 103 Å². The monoisotopic (exact) mass is 377 g/mol. The Kier molecular flexibility index (Phi) is 5.88. The van der Waals surface area contributed by atoms with Crippen molar-refractivity contribution in [3.05, 3.63) is 24.0 Å². The number of piperazine rings is 1. The van der Waals surface area contributed by atoms with Crippen molar-refractivity contribution in [2.75, 3.05) is 26.7 Å². The number of nitrogens with zero attached hydrogens (tertiary/aromatic N) is 1. The Morgan fingerprint density at radius 1 is 1.60 bits per heavy atom. The Morgan fingerprint density at radius 2 is 2.40 bits per heavy atom. The third-order valence-electron chi connectivity index (χ3n) is 2.48. The van der Waals surface area contributed by atoms with Gasteiger partial charge < -0.3 is 0 Å². The van der Waals surface area contributed by atoms with Crippen LogP contribution in [-0.2, 0) is 19.4 Å². The zero-order chi connectivity index (χ0) is 11.1. The fourth-order valence-electron chi connectivity index (χ4n) is 1.67. The number of nitrogens with one attached hydrogen (secondary N) is 2. The van der Waals surface area contributed by atoms with E-state index in [1.54, 1.807) is 0 Å². The second kappa shape index (κ2) is 6.97. The number of allylic oxidation sites excluding steroid dienone is 3. The molecule has 0 aromatic heterocycles. The molecule has 4 heteroatoms. The minimum absolute atomic E-state index is 0.587. The van der Waals surface area contributed by atoms with E-state index in [2.05, 4.69) is 39.0 Å². The summed E-state index contributed by atoms with van der Waals surface area (Å²) >= 11 is 1.50. The molecule has 3 nitrogen and oxygen atoms in total. The second-order valence-corrected chi connectivity index (χ2v) is 4.45. The molecule has 1 heterocycles. The molecular formula is C11H19N3W. The summed E-state index contributed by atoms with van der Waals surface area (Å²) in [5, 5.41) is 6.40. The molecule has 84 valence electrons. The molecule has 1 aliphatic heterocycles. The van der Waals surface area contributed by atoms with E-state index < -0.39 is 0 Å². The van der Waals surface area contributed by atoms with Crippen molar-refractivity contribution in [2.45, 2.75) is 13.0 Å². The normalized spacial score (nSPS) is 23.2. The predicted octanol–water partition coefficient (Wildman–Crippen LogP) is 0.246. The zero-order valence-electron chi connectivity index (χ0n) is 9.36. The van der Waals surface area contributed by atoms with Crippen molar-refractivity contribution >= 4 is 4.40 Å². The van der Waals surface area contributed by atoms with Gasteiger partial charge in [0.05, 0.1) is 0 Å². The van der Waals surface area contributed by atoms with Crippen LogP contribution in [0.4, 0.5) is 0 Å². The molecule has 0 bridgehead atoms. The summed E-state index contributed by atoms with van der Waals surface area (Å²) < 4.78 is 2.25. The van der Waals surface area contributed by atoms with Crippen molar-refractivity contribution in [1.29, 1.82) is 0 Å². The van der Waals surface area contributed by atoms with Gasteiger partial charge in [-0.05, 0) is 0 Å². The third-order valence-corrected chi connectivity index (χ3v) is 3.35. The van der Waals surface area contributed by atoms with Crippen molar-refractivity contribution < 1.29 is 19.4 Å². The van der Waals surface area contributed by atoms with Crippen molar-refractivity contribution in [1.82, 2.24) is 15.5 Å². The van der Waals surface area contributed by atoms with Gasteiger partial charge in [0.25, 0.3) is 0 Å². The zero-order valence-corrected chi connectivity index (χ0v) is 12.3. The van der Waals surface area contributed by atoms with Crippen LogP contribution < -0.4 is 10.6 Å². The van der Waals surface area contributed by atoms with Crippen LogP contribution in [0.5, 0.6) is 0 Å². The fraction of sp³-hybridized carbons (Fsp3) is 0.545. The van der Waals surface area contributed by atoms with Crippen LogP contribution in [0.3, 0.4) is 0 Å². The van der Waals surface area contributed by atoms with Gasteiger partial charge in [0.15, 0.2) is 0 Å². The summed E-state index contributed by atoms with van der Waals surface area (Å²) in [5.74, 6) is 0. The van der Waals surface area contributed by atoms with Crippen molar-refractivity contribution in [2.24, 2.45) is 0 Å². The molecule has 1 aliphatic rings. The van der Waals surface area contributed by atoms with Gasteiger partial charge in [-0.15, -0.1) is 0 Å². The summed E-state index contributed by atoms with van der Waals surface area (Å²) in [6.45, 7) is 5.53. The average molecular weight is 377 g/mol. The Balaban J connectivity index is 2.67. The summed E-state index contributed by atoms with van der Waals surface area (Å²) in [5.41, 5.74) is 1.34. The van der Waals surface area contributed by atoms with Crippen molar-refractivity contribution in [3.8, 4) is 0 Å². The molecule has 15 heavy (non-hydrogen) atoms. The third kappa shape index (κ3) is 3.92. The number of rotatable bonds is 4. The minimum atomic E-state index is 0.587. The van der Waals surface area contributed by atoms with Crippen LogP contribution in [0, 0.1) is 0 Å². The van der Waals surface area contributed by atoms with Gasteiger partial charge in [-0.2, -0.15) is 0 Å². The Hall–Kier alpha value is -0.402.